The van der Waals surface area contributed by atoms with Gasteiger partial charge < -0.3 is 4.42 Å². The average Bonchev–Trinajstić information content (AvgIpc) is 3.39. The number of furan rings is 1. The predicted molar refractivity (Wildman–Crippen MR) is 97.3 cm³/mol. The Morgan fingerprint density at radius 1 is 1.15 bits per heavy atom. The van der Waals surface area contributed by atoms with Crippen LogP contribution >= 0.6 is 11.3 Å². The number of halogens is 1. The second kappa shape index (κ2) is 6.69. The minimum absolute atomic E-state index is 0.0921. The monoisotopic (exact) mass is 384 g/mol. The molecular formula is C18H13FN4O3S. The van der Waals surface area contributed by atoms with Crippen molar-refractivity contribution in [2.45, 2.75) is 6.92 Å². The summed E-state index contributed by atoms with van der Waals surface area (Å²) < 4.78 is 19.8. The Labute approximate surface area is 156 Å². The molecule has 4 aromatic rings. The molecule has 2 N–H and O–H groups in total. The lowest BCUT2D eigenvalue weighted by molar-refractivity contribution is 0.0833. The minimum atomic E-state index is -0.553. The SMILES string of the molecule is Cc1nn(-c2ccc(F)cc2)c2sc(C(=O)NNC(=O)c3ccco3)cc12. The van der Waals surface area contributed by atoms with E-state index in [4.69, 9.17) is 4.42 Å². The molecule has 0 aliphatic heterocycles. The molecule has 136 valence electrons. The van der Waals surface area contributed by atoms with Crippen LogP contribution in [0.2, 0.25) is 0 Å². The number of amides is 2. The summed E-state index contributed by atoms with van der Waals surface area (Å²) >= 11 is 1.22. The van der Waals surface area contributed by atoms with Gasteiger partial charge in [0.15, 0.2) is 5.76 Å². The van der Waals surface area contributed by atoms with E-state index in [1.54, 1.807) is 28.9 Å². The number of rotatable bonds is 3. The average molecular weight is 384 g/mol. The van der Waals surface area contributed by atoms with E-state index in [9.17, 15) is 14.0 Å². The molecule has 0 saturated heterocycles. The van der Waals surface area contributed by atoms with Gasteiger partial charge in [0.05, 0.1) is 22.5 Å². The topological polar surface area (TPSA) is 89.2 Å². The fourth-order valence-electron chi connectivity index (χ4n) is 2.56. The van der Waals surface area contributed by atoms with E-state index in [0.29, 0.717) is 10.6 Å². The Morgan fingerprint density at radius 2 is 1.89 bits per heavy atom. The zero-order chi connectivity index (χ0) is 19.0. The molecule has 0 bridgehead atoms. The van der Waals surface area contributed by atoms with Crippen LogP contribution in [0.15, 0.2) is 53.1 Å². The van der Waals surface area contributed by atoms with Crippen molar-refractivity contribution in [3.63, 3.8) is 0 Å². The molecule has 9 heteroatoms. The van der Waals surface area contributed by atoms with Crippen molar-refractivity contribution in [3.8, 4) is 5.69 Å². The summed E-state index contributed by atoms with van der Waals surface area (Å²) in [6.45, 7) is 1.83. The Kier molecular flexibility index (Phi) is 4.21. The van der Waals surface area contributed by atoms with Crippen LogP contribution in [0.25, 0.3) is 15.9 Å². The van der Waals surface area contributed by atoms with Crippen LogP contribution in [0.4, 0.5) is 4.39 Å². The van der Waals surface area contributed by atoms with E-state index >= 15 is 0 Å². The molecule has 4 rings (SSSR count). The quantitative estimate of drug-likeness (QED) is 0.531. The molecule has 0 aliphatic rings. The van der Waals surface area contributed by atoms with Crippen LogP contribution in [-0.2, 0) is 0 Å². The Bertz CT molecular complexity index is 1130. The first-order valence-electron chi connectivity index (χ1n) is 7.92. The number of benzene rings is 1. The highest BCUT2D eigenvalue weighted by molar-refractivity contribution is 7.20. The molecule has 0 spiro atoms. The molecule has 1 aromatic carbocycles. The van der Waals surface area contributed by atoms with Crippen LogP contribution < -0.4 is 10.9 Å². The highest BCUT2D eigenvalue weighted by Gasteiger charge is 2.18. The fraction of sp³-hybridized carbons (Fsp3) is 0.0556. The first kappa shape index (κ1) is 17.0. The standard InChI is InChI=1S/C18H13FN4O3S/c1-10-13-9-15(17(25)21-20-16(24)14-3-2-8-26-14)27-18(13)23(22-10)12-6-4-11(19)5-7-12/h2-9H,1H3,(H,20,24)(H,21,25). The van der Waals surface area contributed by atoms with Gasteiger partial charge in [-0.15, -0.1) is 11.3 Å². The van der Waals surface area contributed by atoms with Crippen LogP contribution in [0.5, 0.6) is 0 Å². The number of fused-ring (bicyclic) bond motifs is 1. The second-order valence-corrected chi connectivity index (χ2v) is 6.72. The van der Waals surface area contributed by atoms with Gasteiger partial charge in [-0.1, -0.05) is 0 Å². The Hall–Kier alpha value is -3.46. The van der Waals surface area contributed by atoms with Crippen LogP contribution in [0, 0.1) is 12.7 Å². The van der Waals surface area contributed by atoms with Crippen LogP contribution in [-0.4, -0.2) is 21.6 Å². The van der Waals surface area contributed by atoms with E-state index in [2.05, 4.69) is 16.0 Å². The number of nitrogens with zero attached hydrogens (tertiary/aromatic N) is 2. The summed E-state index contributed by atoms with van der Waals surface area (Å²) in [6, 6.07) is 10.7. The number of carbonyl (C=O) groups is 2. The number of hydrogen-bond acceptors (Lipinski definition) is 5. The smallest absolute Gasteiger partial charge is 0.305 e. The van der Waals surface area contributed by atoms with Crippen molar-refractivity contribution in [2.75, 3.05) is 0 Å². The number of nitrogens with one attached hydrogen (secondary N) is 2. The van der Waals surface area contributed by atoms with Gasteiger partial charge in [-0.3, -0.25) is 20.4 Å². The maximum absolute atomic E-state index is 13.2. The third kappa shape index (κ3) is 3.20. The highest BCUT2D eigenvalue weighted by atomic mass is 32.1. The van der Waals surface area contributed by atoms with Crippen molar-refractivity contribution in [2.24, 2.45) is 0 Å². The summed E-state index contributed by atoms with van der Waals surface area (Å²) in [5.41, 5.74) is 6.08. The number of aromatic nitrogens is 2. The molecule has 0 atom stereocenters. The molecule has 27 heavy (non-hydrogen) atoms. The van der Waals surface area contributed by atoms with E-state index < -0.39 is 11.8 Å². The minimum Gasteiger partial charge on any atom is -0.459 e. The Morgan fingerprint density at radius 3 is 2.59 bits per heavy atom. The zero-order valence-corrected chi connectivity index (χ0v) is 14.8. The maximum Gasteiger partial charge on any atom is 0.305 e. The molecule has 0 unspecified atom stereocenters. The Balaban J connectivity index is 1.58. The number of carbonyl (C=O) groups excluding carboxylic acids is 2. The summed E-state index contributed by atoms with van der Waals surface area (Å²) in [5.74, 6) is -1.25. The van der Waals surface area contributed by atoms with Crippen LogP contribution in [0.3, 0.4) is 0 Å². The summed E-state index contributed by atoms with van der Waals surface area (Å²) in [7, 11) is 0. The van der Waals surface area contributed by atoms with Gasteiger partial charge in [-0.05, 0) is 49.4 Å². The molecular weight excluding hydrogens is 371 g/mol. The van der Waals surface area contributed by atoms with Gasteiger partial charge in [0, 0.05) is 5.39 Å². The molecule has 3 heterocycles. The molecule has 0 aliphatic carbocycles. The molecule has 0 saturated carbocycles. The molecule has 7 nitrogen and oxygen atoms in total. The van der Waals surface area contributed by atoms with E-state index in [0.717, 1.165) is 15.9 Å². The van der Waals surface area contributed by atoms with E-state index in [-0.39, 0.29) is 11.6 Å². The fourth-order valence-corrected chi connectivity index (χ4v) is 3.64. The second-order valence-electron chi connectivity index (χ2n) is 5.69. The third-order valence-corrected chi connectivity index (χ3v) is 4.98. The number of hydrogen-bond donors (Lipinski definition) is 2. The van der Waals surface area contributed by atoms with Gasteiger partial charge in [0.1, 0.15) is 10.6 Å². The van der Waals surface area contributed by atoms with Gasteiger partial charge in [-0.25, -0.2) is 9.07 Å². The summed E-state index contributed by atoms with van der Waals surface area (Å²) in [6.07, 6.45) is 1.37. The zero-order valence-electron chi connectivity index (χ0n) is 14.0. The normalized spacial score (nSPS) is 10.9. The van der Waals surface area contributed by atoms with Crippen LogP contribution in [0.1, 0.15) is 25.9 Å². The largest absolute Gasteiger partial charge is 0.459 e. The van der Waals surface area contributed by atoms with Crippen molar-refractivity contribution in [1.29, 1.82) is 0 Å². The molecule has 2 amide bonds. The van der Waals surface area contributed by atoms with Gasteiger partial charge in [0.2, 0.25) is 0 Å². The van der Waals surface area contributed by atoms with Crippen molar-refractivity contribution in [1.82, 2.24) is 20.6 Å². The first-order valence-corrected chi connectivity index (χ1v) is 8.74. The van der Waals surface area contributed by atoms with Gasteiger partial charge >= 0.3 is 5.91 Å². The lowest BCUT2D eigenvalue weighted by Gasteiger charge is -2.04. The highest BCUT2D eigenvalue weighted by Crippen LogP contribution is 2.30. The third-order valence-electron chi connectivity index (χ3n) is 3.87. The van der Waals surface area contributed by atoms with E-state index in [1.807, 2.05) is 6.92 Å². The van der Waals surface area contributed by atoms with Crippen molar-refractivity contribution >= 4 is 33.4 Å². The van der Waals surface area contributed by atoms with Gasteiger partial charge in [0.25, 0.3) is 5.91 Å². The predicted octanol–water partition coefficient (Wildman–Crippen LogP) is 3.20. The lowest BCUT2D eigenvalue weighted by Crippen LogP contribution is -2.41. The number of thiophene rings is 1. The molecule has 0 fully saturated rings. The first-order chi connectivity index (χ1) is 13.0. The lowest BCUT2D eigenvalue weighted by atomic mass is 10.3. The number of aryl methyl sites for hydroxylation is 1. The molecule has 0 radical (unpaired) electrons. The summed E-state index contributed by atoms with van der Waals surface area (Å²) in [5, 5.41) is 5.26. The van der Waals surface area contributed by atoms with Crippen molar-refractivity contribution < 1.29 is 18.4 Å². The van der Waals surface area contributed by atoms with Gasteiger partial charge in [-0.2, -0.15) is 5.10 Å². The molecule has 3 aromatic heterocycles. The van der Waals surface area contributed by atoms with E-state index in [1.165, 1.54) is 35.8 Å². The van der Waals surface area contributed by atoms with Crippen molar-refractivity contribution in [3.05, 3.63) is 70.9 Å². The number of hydrazine groups is 1. The summed E-state index contributed by atoms with van der Waals surface area (Å²) in [4.78, 5) is 25.3. The maximum atomic E-state index is 13.2.